The fourth-order valence-electron chi connectivity index (χ4n) is 2.49. The molecule has 1 atom stereocenters. The first-order chi connectivity index (χ1) is 10.3. The van der Waals surface area contributed by atoms with Gasteiger partial charge in [0, 0.05) is 13.1 Å². The van der Waals surface area contributed by atoms with Crippen LogP contribution in [-0.4, -0.2) is 28.2 Å². The van der Waals surface area contributed by atoms with E-state index in [0.717, 1.165) is 25.2 Å². The molecule has 1 unspecified atom stereocenters. The van der Waals surface area contributed by atoms with Crippen LogP contribution >= 0.6 is 23.2 Å². The number of carbonyl (C=O) groups is 1. The summed E-state index contributed by atoms with van der Waals surface area (Å²) in [6.07, 6.45) is 0.512. The Bertz CT molecular complexity index is 526. The Kier molecular flexibility index (Phi) is 5.41. The van der Waals surface area contributed by atoms with E-state index in [0.29, 0.717) is 13.0 Å². The average molecular weight is 343 g/mol. The normalized spacial score (nSPS) is 22.6. The highest BCUT2D eigenvalue weighted by Gasteiger charge is 2.67. The molecular weight excluding hydrogens is 319 g/mol. The van der Waals surface area contributed by atoms with E-state index >= 15 is 0 Å². The lowest BCUT2D eigenvalue weighted by Gasteiger charge is -2.18. The Labute approximate surface area is 143 Å². The van der Waals surface area contributed by atoms with E-state index in [1.54, 1.807) is 6.92 Å². The lowest BCUT2D eigenvalue weighted by molar-refractivity contribution is -0.125. The van der Waals surface area contributed by atoms with Gasteiger partial charge in [0.15, 0.2) is 0 Å². The van der Waals surface area contributed by atoms with Crippen LogP contribution in [0.1, 0.15) is 38.3 Å². The number of carbonyl (C=O) groups excluding carboxylic acids is 1. The molecule has 22 heavy (non-hydrogen) atoms. The van der Waals surface area contributed by atoms with Crippen LogP contribution in [0.3, 0.4) is 0 Å². The van der Waals surface area contributed by atoms with Gasteiger partial charge in [-0.2, -0.15) is 0 Å². The van der Waals surface area contributed by atoms with Gasteiger partial charge in [0.05, 0.1) is 5.41 Å². The minimum atomic E-state index is -0.912. The fourth-order valence-corrected chi connectivity index (χ4v) is 3.20. The van der Waals surface area contributed by atoms with Crippen LogP contribution in [0.25, 0.3) is 0 Å². The predicted octanol–water partition coefficient (Wildman–Crippen LogP) is 3.73. The number of benzene rings is 1. The first-order valence-electron chi connectivity index (χ1n) is 7.78. The molecule has 1 aliphatic rings. The molecule has 122 valence electrons. The van der Waals surface area contributed by atoms with Gasteiger partial charge in [-0.15, -0.1) is 23.2 Å². The van der Waals surface area contributed by atoms with E-state index in [4.69, 9.17) is 23.2 Å². The third-order valence-corrected chi connectivity index (χ3v) is 5.64. The van der Waals surface area contributed by atoms with Crippen LogP contribution in [0.2, 0.25) is 0 Å². The molecule has 1 aromatic carbocycles. The van der Waals surface area contributed by atoms with Gasteiger partial charge in [-0.3, -0.25) is 9.69 Å². The number of amides is 1. The Balaban J connectivity index is 1.86. The summed E-state index contributed by atoms with van der Waals surface area (Å²) in [6, 6.07) is 8.35. The van der Waals surface area contributed by atoms with Gasteiger partial charge in [0.1, 0.15) is 4.33 Å². The van der Waals surface area contributed by atoms with E-state index in [-0.39, 0.29) is 5.91 Å². The minimum absolute atomic E-state index is 0.0790. The molecule has 0 heterocycles. The van der Waals surface area contributed by atoms with E-state index in [1.807, 2.05) is 0 Å². The summed E-state index contributed by atoms with van der Waals surface area (Å²) in [5.74, 6) is -0.0790. The molecule has 1 amide bonds. The SMILES string of the molecule is CCN(CC)Cc1ccc(CNC(=O)C2(C)CC2(Cl)Cl)cc1. The van der Waals surface area contributed by atoms with Crippen molar-refractivity contribution in [2.45, 2.75) is 44.6 Å². The highest BCUT2D eigenvalue weighted by atomic mass is 35.5. The summed E-state index contributed by atoms with van der Waals surface area (Å²) in [5.41, 5.74) is 1.71. The topological polar surface area (TPSA) is 32.3 Å². The van der Waals surface area contributed by atoms with Crippen molar-refractivity contribution in [3.63, 3.8) is 0 Å². The number of alkyl halides is 2. The lowest BCUT2D eigenvalue weighted by atomic mass is 10.1. The maximum Gasteiger partial charge on any atom is 0.229 e. The van der Waals surface area contributed by atoms with Crippen molar-refractivity contribution in [3.8, 4) is 0 Å². The molecule has 0 spiro atoms. The number of nitrogens with zero attached hydrogens (tertiary/aromatic N) is 1. The Morgan fingerprint density at radius 3 is 2.14 bits per heavy atom. The first kappa shape index (κ1) is 17.6. The van der Waals surface area contributed by atoms with Gasteiger partial charge >= 0.3 is 0 Å². The van der Waals surface area contributed by atoms with E-state index in [9.17, 15) is 4.79 Å². The highest BCUT2D eigenvalue weighted by molar-refractivity contribution is 6.53. The molecule has 1 aromatic rings. The van der Waals surface area contributed by atoms with Crippen molar-refractivity contribution >= 4 is 29.1 Å². The minimum Gasteiger partial charge on any atom is -0.351 e. The number of nitrogens with one attached hydrogen (secondary N) is 1. The molecule has 0 aromatic heterocycles. The van der Waals surface area contributed by atoms with Gasteiger partial charge in [0.2, 0.25) is 5.91 Å². The van der Waals surface area contributed by atoms with Crippen LogP contribution in [-0.2, 0) is 17.9 Å². The quantitative estimate of drug-likeness (QED) is 0.765. The van der Waals surface area contributed by atoms with Crippen molar-refractivity contribution in [3.05, 3.63) is 35.4 Å². The summed E-state index contributed by atoms with van der Waals surface area (Å²) in [6.45, 7) is 9.69. The molecule has 1 aliphatic carbocycles. The Morgan fingerprint density at radius 1 is 1.18 bits per heavy atom. The zero-order valence-corrected chi connectivity index (χ0v) is 15.0. The summed E-state index contributed by atoms with van der Waals surface area (Å²) in [4.78, 5) is 14.5. The largest absolute Gasteiger partial charge is 0.351 e. The van der Waals surface area contributed by atoms with Crippen molar-refractivity contribution in [1.82, 2.24) is 10.2 Å². The Morgan fingerprint density at radius 2 is 1.68 bits per heavy atom. The third kappa shape index (κ3) is 3.76. The zero-order valence-electron chi connectivity index (χ0n) is 13.5. The van der Waals surface area contributed by atoms with E-state index in [2.05, 4.69) is 48.3 Å². The molecule has 0 radical (unpaired) electrons. The maximum atomic E-state index is 12.1. The van der Waals surface area contributed by atoms with Crippen LogP contribution in [0.15, 0.2) is 24.3 Å². The van der Waals surface area contributed by atoms with Crippen LogP contribution in [0.4, 0.5) is 0 Å². The average Bonchev–Trinajstić information content (AvgIpc) is 3.03. The molecule has 0 saturated heterocycles. The van der Waals surface area contributed by atoms with Crippen molar-refractivity contribution in [2.75, 3.05) is 13.1 Å². The molecule has 3 nitrogen and oxygen atoms in total. The number of halogens is 2. The highest BCUT2D eigenvalue weighted by Crippen LogP contribution is 2.63. The summed E-state index contributed by atoms with van der Waals surface area (Å²) in [7, 11) is 0. The molecule has 1 N–H and O–H groups in total. The molecule has 1 saturated carbocycles. The molecule has 2 rings (SSSR count). The van der Waals surface area contributed by atoms with Gasteiger partial charge in [-0.25, -0.2) is 0 Å². The molecule has 0 aliphatic heterocycles. The second kappa shape index (κ2) is 6.77. The third-order valence-electron chi connectivity index (χ3n) is 4.54. The monoisotopic (exact) mass is 342 g/mol. The molecule has 5 heteroatoms. The fraction of sp³-hybridized carbons (Fsp3) is 0.588. The summed E-state index contributed by atoms with van der Waals surface area (Å²) < 4.78 is -0.912. The van der Waals surface area contributed by atoms with Gasteiger partial charge < -0.3 is 5.32 Å². The first-order valence-corrected chi connectivity index (χ1v) is 8.54. The van der Waals surface area contributed by atoms with Crippen LogP contribution in [0.5, 0.6) is 0 Å². The number of rotatable bonds is 7. The van der Waals surface area contributed by atoms with Gasteiger partial charge in [0.25, 0.3) is 0 Å². The van der Waals surface area contributed by atoms with Gasteiger partial charge in [-0.05, 0) is 37.6 Å². The number of hydrogen-bond acceptors (Lipinski definition) is 2. The standard InChI is InChI=1S/C17H24Cl2N2O/c1-4-21(5-2)11-14-8-6-13(7-9-14)10-20-15(22)16(3)12-17(16,18)19/h6-9H,4-5,10-12H2,1-3H3,(H,20,22). The van der Waals surface area contributed by atoms with E-state index in [1.165, 1.54) is 5.56 Å². The van der Waals surface area contributed by atoms with Crippen molar-refractivity contribution in [2.24, 2.45) is 5.41 Å². The Hall–Kier alpha value is -0.770. The van der Waals surface area contributed by atoms with Crippen LogP contribution in [0, 0.1) is 5.41 Å². The number of hydrogen-bond donors (Lipinski definition) is 1. The maximum absolute atomic E-state index is 12.1. The second-order valence-corrected chi connectivity index (χ2v) is 7.66. The summed E-state index contributed by atoms with van der Waals surface area (Å²) in [5, 5.41) is 2.92. The van der Waals surface area contributed by atoms with Crippen molar-refractivity contribution < 1.29 is 4.79 Å². The molecule has 1 fully saturated rings. The molecular formula is C17H24Cl2N2O. The smallest absolute Gasteiger partial charge is 0.229 e. The predicted molar refractivity (Wildman–Crippen MR) is 92.1 cm³/mol. The summed E-state index contributed by atoms with van der Waals surface area (Å²) >= 11 is 12.0. The zero-order chi connectivity index (χ0) is 16.4. The van der Waals surface area contributed by atoms with Crippen molar-refractivity contribution in [1.29, 1.82) is 0 Å². The second-order valence-electron chi connectivity index (χ2n) is 6.17. The van der Waals surface area contributed by atoms with Crippen LogP contribution < -0.4 is 5.32 Å². The molecule has 0 bridgehead atoms. The van der Waals surface area contributed by atoms with Gasteiger partial charge in [-0.1, -0.05) is 38.1 Å². The van der Waals surface area contributed by atoms with E-state index < -0.39 is 9.75 Å². The lowest BCUT2D eigenvalue weighted by Crippen LogP contribution is -2.32.